The third kappa shape index (κ3) is 63.2. The number of rotatable bonds is 69. The molecule has 0 radical (unpaired) electrons. The topological polar surface area (TPSA) is 237 Å². The summed E-state index contributed by atoms with van der Waals surface area (Å²) < 4.78 is 68.2. The van der Waals surface area contributed by atoms with Crippen molar-refractivity contribution in [3.63, 3.8) is 0 Å². The molecule has 6 atom stereocenters. The highest BCUT2D eigenvalue weighted by Gasteiger charge is 2.30. The lowest BCUT2D eigenvalue weighted by molar-refractivity contribution is -0.161. The van der Waals surface area contributed by atoms with Crippen molar-refractivity contribution in [1.82, 2.24) is 0 Å². The summed E-state index contributed by atoms with van der Waals surface area (Å²) in [7, 11) is -9.89. The van der Waals surface area contributed by atoms with Crippen molar-refractivity contribution in [2.75, 3.05) is 39.6 Å². The van der Waals surface area contributed by atoms with E-state index in [4.69, 9.17) is 37.0 Å². The standard InChI is InChI=1S/C70H136O17P2/c1-7-10-12-14-16-18-19-27-30-34-41-47-53-68(73)81-58-65(86-69(74)54-48-42-35-31-28-25-23-21-20-22-24-26-29-32-38-44-50-62(4)5)60-84-88(76,77)82-56-64(71)57-83-89(78,79)85-61-66(59-80-67(72)52-46-40-33-17-15-13-11-8-2)87-70(75)55-49-43-37-36-39-45-51-63(6)9-3/h62-66,71H,7-61H2,1-6H3,(H,76,77)(H,78,79)/t63?,64-,65-,66-/m1/s1. The van der Waals surface area contributed by atoms with Crippen LogP contribution in [0.1, 0.15) is 356 Å². The fourth-order valence-electron chi connectivity index (χ4n) is 10.6. The monoisotopic (exact) mass is 1310 g/mol. The molecule has 3 unspecified atom stereocenters. The van der Waals surface area contributed by atoms with Crippen molar-refractivity contribution in [1.29, 1.82) is 0 Å². The van der Waals surface area contributed by atoms with Crippen LogP contribution in [-0.2, 0) is 65.4 Å². The van der Waals surface area contributed by atoms with E-state index in [1.54, 1.807) is 0 Å². The molecule has 0 fully saturated rings. The number of hydrogen-bond donors (Lipinski definition) is 3. The highest BCUT2D eigenvalue weighted by atomic mass is 31.2. The molecule has 19 heteroatoms. The van der Waals surface area contributed by atoms with Crippen molar-refractivity contribution in [3.8, 4) is 0 Å². The molecule has 0 spiro atoms. The minimum absolute atomic E-state index is 0.103. The molecule has 0 aromatic heterocycles. The molecule has 17 nitrogen and oxygen atoms in total. The molecule has 3 N–H and O–H groups in total. The van der Waals surface area contributed by atoms with Gasteiger partial charge in [-0.2, -0.15) is 0 Å². The molecule has 0 aliphatic rings. The predicted octanol–water partition coefficient (Wildman–Crippen LogP) is 20.0. The lowest BCUT2D eigenvalue weighted by Gasteiger charge is -2.21. The normalized spacial score (nSPS) is 14.4. The van der Waals surface area contributed by atoms with Gasteiger partial charge in [0.2, 0.25) is 0 Å². The first-order valence-corrected chi connectivity index (χ1v) is 39.5. The number of esters is 4. The fraction of sp³-hybridized carbons (Fsp3) is 0.943. The Hall–Kier alpha value is -1.94. The Labute approximate surface area is 543 Å². The maximum absolute atomic E-state index is 13.0. The van der Waals surface area contributed by atoms with Crippen LogP contribution in [0.4, 0.5) is 0 Å². The van der Waals surface area contributed by atoms with Crippen LogP contribution in [0.15, 0.2) is 0 Å². The zero-order chi connectivity index (χ0) is 65.7. The van der Waals surface area contributed by atoms with E-state index in [9.17, 15) is 43.2 Å². The highest BCUT2D eigenvalue weighted by Crippen LogP contribution is 2.45. The zero-order valence-electron chi connectivity index (χ0n) is 57.7. The number of hydrogen-bond acceptors (Lipinski definition) is 15. The molecular formula is C70H136O17P2. The van der Waals surface area contributed by atoms with Gasteiger partial charge in [-0.1, -0.05) is 305 Å². The van der Waals surface area contributed by atoms with E-state index in [1.165, 1.54) is 167 Å². The van der Waals surface area contributed by atoms with Crippen LogP contribution in [0.2, 0.25) is 0 Å². The second-order valence-electron chi connectivity index (χ2n) is 26.0. The largest absolute Gasteiger partial charge is 0.472 e. The number of phosphoric acid groups is 2. The minimum Gasteiger partial charge on any atom is -0.462 e. The van der Waals surface area contributed by atoms with E-state index in [0.29, 0.717) is 25.7 Å². The number of aliphatic hydroxyl groups is 1. The highest BCUT2D eigenvalue weighted by molar-refractivity contribution is 7.47. The van der Waals surface area contributed by atoms with Gasteiger partial charge in [0, 0.05) is 25.7 Å². The third-order valence-electron chi connectivity index (χ3n) is 16.6. The van der Waals surface area contributed by atoms with Crippen LogP contribution in [0.3, 0.4) is 0 Å². The molecule has 0 rings (SSSR count). The van der Waals surface area contributed by atoms with Gasteiger partial charge in [-0.05, 0) is 37.5 Å². The van der Waals surface area contributed by atoms with Gasteiger partial charge in [0.1, 0.15) is 19.3 Å². The van der Waals surface area contributed by atoms with E-state index in [-0.39, 0.29) is 25.7 Å². The molecule has 0 bridgehead atoms. The van der Waals surface area contributed by atoms with E-state index in [2.05, 4.69) is 41.5 Å². The lowest BCUT2D eigenvalue weighted by Crippen LogP contribution is -2.30. The maximum atomic E-state index is 13.0. The third-order valence-corrected chi connectivity index (χ3v) is 18.5. The van der Waals surface area contributed by atoms with Crippen LogP contribution >= 0.6 is 15.6 Å². The average molecular weight is 1310 g/mol. The number of carbonyl (C=O) groups excluding carboxylic acids is 4. The molecule has 0 aliphatic carbocycles. The molecule has 89 heavy (non-hydrogen) atoms. The van der Waals surface area contributed by atoms with Gasteiger partial charge in [0.15, 0.2) is 12.2 Å². The SMILES string of the molecule is CCCCCCCCCCCCCCC(=O)OC[C@H](COP(=O)(O)OC[C@@H](O)COP(=O)(O)OC[C@@H](COC(=O)CCCCCCCCCC)OC(=O)CCCCCCCCC(C)CC)OC(=O)CCCCCCCCCCCCCCCCCCC(C)C. The summed E-state index contributed by atoms with van der Waals surface area (Å²) in [6.45, 7) is 9.50. The molecule has 0 aromatic rings. The fourth-order valence-corrected chi connectivity index (χ4v) is 12.1. The second-order valence-corrected chi connectivity index (χ2v) is 28.9. The average Bonchev–Trinajstić information content (AvgIpc) is 3.72. The van der Waals surface area contributed by atoms with Crippen LogP contribution < -0.4 is 0 Å². The summed E-state index contributed by atoms with van der Waals surface area (Å²) in [6, 6.07) is 0. The Morgan fingerprint density at radius 3 is 0.854 bits per heavy atom. The second kappa shape index (κ2) is 62.2. The number of unbranched alkanes of at least 4 members (excludes halogenated alkanes) is 38. The van der Waals surface area contributed by atoms with Gasteiger partial charge in [0.25, 0.3) is 0 Å². The first kappa shape index (κ1) is 87.1. The Morgan fingerprint density at radius 1 is 0.326 bits per heavy atom. The van der Waals surface area contributed by atoms with E-state index < -0.39 is 97.5 Å². The molecule has 0 aliphatic heterocycles. The quantitative estimate of drug-likeness (QED) is 0.0222. The Kier molecular flexibility index (Phi) is 60.8. The Bertz CT molecular complexity index is 1740. The van der Waals surface area contributed by atoms with Crippen molar-refractivity contribution in [2.45, 2.75) is 374 Å². The number of ether oxygens (including phenoxy) is 4. The van der Waals surface area contributed by atoms with Crippen LogP contribution in [-0.4, -0.2) is 96.7 Å². The van der Waals surface area contributed by atoms with Crippen molar-refractivity contribution in [2.24, 2.45) is 11.8 Å². The van der Waals surface area contributed by atoms with E-state index in [0.717, 1.165) is 108 Å². The number of aliphatic hydroxyl groups excluding tert-OH is 1. The Balaban J connectivity index is 5.19. The maximum Gasteiger partial charge on any atom is 0.472 e. The minimum atomic E-state index is -4.95. The van der Waals surface area contributed by atoms with Gasteiger partial charge < -0.3 is 33.8 Å². The predicted molar refractivity (Wildman–Crippen MR) is 358 cm³/mol. The smallest absolute Gasteiger partial charge is 0.462 e. The van der Waals surface area contributed by atoms with Gasteiger partial charge in [-0.15, -0.1) is 0 Å². The summed E-state index contributed by atoms with van der Waals surface area (Å²) in [5.74, 6) is -0.599. The van der Waals surface area contributed by atoms with Gasteiger partial charge >= 0.3 is 39.5 Å². The van der Waals surface area contributed by atoms with Crippen molar-refractivity contribution in [3.05, 3.63) is 0 Å². The summed E-state index contributed by atoms with van der Waals surface area (Å²) >= 11 is 0. The molecule has 0 saturated carbocycles. The first-order valence-electron chi connectivity index (χ1n) is 36.5. The zero-order valence-corrected chi connectivity index (χ0v) is 59.5. The molecule has 0 aromatic carbocycles. The summed E-state index contributed by atoms with van der Waals surface area (Å²) in [4.78, 5) is 72.4. The van der Waals surface area contributed by atoms with Gasteiger partial charge in [-0.25, -0.2) is 9.13 Å². The summed E-state index contributed by atoms with van der Waals surface area (Å²) in [5.41, 5.74) is 0. The van der Waals surface area contributed by atoms with Crippen molar-refractivity contribution < 1.29 is 80.2 Å². The van der Waals surface area contributed by atoms with Crippen molar-refractivity contribution >= 4 is 39.5 Å². The number of phosphoric ester groups is 2. The first-order chi connectivity index (χ1) is 42.9. The molecule has 528 valence electrons. The van der Waals surface area contributed by atoms with E-state index >= 15 is 0 Å². The van der Waals surface area contributed by atoms with E-state index in [1.807, 2.05) is 0 Å². The van der Waals surface area contributed by atoms with Gasteiger partial charge in [-0.3, -0.25) is 37.3 Å². The summed E-state index contributed by atoms with van der Waals surface area (Å²) in [6.07, 6.45) is 47.3. The van der Waals surface area contributed by atoms with Crippen LogP contribution in [0, 0.1) is 11.8 Å². The lowest BCUT2D eigenvalue weighted by atomic mass is 10.00. The van der Waals surface area contributed by atoms with Crippen LogP contribution in [0.5, 0.6) is 0 Å². The molecule has 0 heterocycles. The molecule has 0 saturated heterocycles. The molecule has 0 amide bonds. The molecular weight excluding hydrogens is 1170 g/mol. The number of carbonyl (C=O) groups is 4. The van der Waals surface area contributed by atoms with Crippen LogP contribution in [0.25, 0.3) is 0 Å². The summed E-state index contributed by atoms with van der Waals surface area (Å²) in [5, 5.41) is 10.6. The Morgan fingerprint density at radius 2 is 0.573 bits per heavy atom. The van der Waals surface area contributed by atoms with Gasteiger partial charge in [0.05, 0.1) is 26.4 Å².